The number of aromatic nitrogens is 1. The summed E-state index contributed by atoms with van der Waals surface area (Å²) in [4.78, 5) is 19.0. The molecule has 4 aromatic rings. The Morgan fingerprint density at radius 2 is 1.74 bits per heavy atom. The summed E-state index contributed by atoms with van der Waals surface area (Å²) >= 11 is 0. The van der Waals surface area contributed by atoms with Crippen LogP contribution in [0.3, 0.4) is 0 Å². The smallest absolute Gasteiger partial charge is 0.349 e. The fourth-order valence-corrected chi connectivity index (χ4v) is 3.17. The highest BCUT2D eigenvalue weighted by molar-refractivity contribution is 5.83. The van der Waals surface area contributed by atoms with Gasteiger partial charge in [-0.3, -0.25) is 0 Å². The van der Waals surface area contributed by atoms with Crippen LogP contribution in [0, 0.1) is 0 Å². The molecule has 2 heterocycles. The Bertz CT molecular complexity index is 1130. The molecule has 5 heteroatoms. The van der Waals surface area contributed by atoms with Gasteiger partial charge >= 0.3 is 5.63 Å². The van der Waals surface area contributed by atoms with Gasteiger partial charge in [-0.05, 0) is 32.0 Å². The maximum Gasteiger partial charge on any atom is 0.349 e. The zero-order valence-electron chi connectivity index (χ0n) is 15.3. The molecule has 0 aliphatic carbocycles. The van der Waals surface area contributed by atoms with Gasteiger partial charge in [-0.2, -0.15) is 0 Å². The van der Waals surface area contributed by atoms with Crippen LogP contribution < -0.4 is 10.5 Å². The van der Waals surface area contributed by atoms with Crippen molar-refractivity contribution in [1.82, 2.24) is 4.98 Å². The quantitative estimate of drug-likeness (QED) is 0.471. The highest BCUT2D eigenvalue weighted by Gasteiger charge is 2.15. The lowest BCUT2D eigenvalue weighted by Gasteiger charge is -2.20. The molecule has 0 spiro atoms. The molecule has 0 aliphatic heterocycles. The minimum Gasteiger partial charge on any atom is -0.436 e. The Hall–Kier alpha value is -3.34. The van der Waals surface area contributed by atoms with Crippen molar-refractivity contribution in [3.63, 3.8) is 0 Å². The van der Waals surface area contributed by atoms with Crippen LogP contribution in [0.25, 0.3) is 33.7 Å². The largest absolute Gasteiger partial charge is 0.436 e. The average molecular weight is 360 g/mol. The summed E-state index contributed by atoms with van der Waals surface area (Å²) in [6.45, 7) is 5.98. The van der Waals surface area contributed by atoms with Crippen molar-refractivity contribution in [3.05, 3.63) is 71.2 Å². The van der Waals surface area contributed by atoms with E-state index in [2.05, 4.69) is 23.7 Å². The van der Waals surface area contributed by atoms with Crippen LogP contribution in [0.15, 0.2) is 74.4 Å². The molecule has 136 valence electrons. The van der Waals surface area contributed by atoms with Crippen molar-refractivity contribution in [2.45, 2.75) is 13.8 Å². The van der Waals surface area contributed by atoms with Gasteiger partial charge < -0.3 is 13.7 Å². The van der Waals surface area contributed by atoms with Gasteiger partial charge in [0, 0.05) is 35.8 Å². The van der Waals surface area contributed by atoms with Crippen LogP contribution >= 0.6 is 0 Å². The minimum absolute atomic E-state index is 0.261. The number of fused-ring (bicyclic) bond motifs is 1. The van der Waals surface area contributed by atoms with Crippen molar-refractivity contribution in [1.29, 1.82) is 0 Å². The van der Waals surface area contributed by atoms with Gasteiger partial charge in [0.2, 0.25) is 5.89 Å². The van der Waals surface area contributed by atoms with Gasteiger partial charge in [0.05, 0.1) is 6.20 Å². The van der Waals surface area contributed by atoms with Crippen LogP contribution in [-0.4, -0.2) is 18.1 Å². The van der Waals surface area contributed by atoms with E-state index in [-0.39, 0.29) is 5.89 Å². The van der Waals surface area contributed by atoms with E-state index in [0.717, 1.165) is 29.7 Å². The average Bonchev–Trinajstić information content (AvgIpc) is 3.19. The maximum absolute atomic E-state index is 12.5. The summed E-state index contributed by atoms with van der Waals surface area (Å²) < 4.78 is 11.4. The first-order chi connectivity index (χ1) is 13.2. The number of anilines is 1. The molecule has 0 fully saturated rings. The number of oxazole rings is 1. The van der Waals surface area contributed by atoms with Crippen molar-refractivity contribution >= 4 is 16.7 Å². The Morgan fingerprint density at radius 3 is 2.48 bits per heavy atom. The fraction of sp³-hybridized carbons (Fsp3) is 0.182. The van der Waals surface area contributed by atoms with Crippen molar-refractivity contribution in [2.75, 3.05) is 18.0 Å². The van der Waals surface area contributed by atoms with E-state index >= 15 is 0 Å². The third-order valence-corrected chi connectivity index (χ3v) is 4.64. The number of benzene rings is 2. The zero-order valence-corrected chi connectivity index (χ0v) is 15.3. The Labute approximate surface area is 156 Å². The Kier molecular flexibility index (Phi) is 4.50. The molecule has 0 atom stereocenters. The lowest BCUT2D eigenvalue weighted by atomic mass is 10.1. The lowest BCUT2D eigenvalue weighted by molar-refractivity contribution is 0.548. The summed E-state index contributed by atoms with van der Waals surface area (Å²) in [7, 11) is 0. The van der Waals surface area contributed by atoms with Gasteiger partial charge in [-0.15, -0.1) is 0 Å². The standard InChI is InChI=1S/C22H20N2O3/c1-3-24(4-2)17-11-10-16-12-18(22(25)27-19(16)13-17)21-23-14-20(26-21)15-8-6-5-7-9-15/h5-14H,3-4H2,1-2H3. The van der Waals surface area contributed by atoms with Crippen LogP contribution in [0.5, 0.6) is 0 Å². The predicted octanol–water partition coefficient (Wildman–Crippen LogP) is 4.96. The molecule has 0 amide bonds. The van der Waals surface area contributed by atoms with Crippen LogP contribution in [-0.2, 0) is 0 Å². The van der Waals surface area contributed by atoms with E-state index in [0.29, 0.717) is 16.9 Å². The molecule has 27 heavy (non-hydrogen) atoms. The normalized spacial score (nSPS) is 11.0. The molecule has 5 nitrogen and oxygen atoms in total. The second-order valence-corrected chi connectivity index (χ2v) is 6.24. The van der Waals surface area contributed by atoms with Crippen LogP contribution in [0.1, 0.15) is 13.8 Å². The molecular weight excluding hydrogens is 340 g/mol. The van der Waals surface area contributed by atoms with E-state index in [1.807, 2.05) is 48.5 Å². The van der Waals surface area contributed by atoms with Gasteiger partial charge in [-0.25, -0.2) is 9.78 Å². The van der Waals surface area contributed by atoms with Crippen LogP contribution in [0.4, 0.5) is 5.69 Å². The van der Waals surface area contributed by atoms with E-state index < -0.39 is 5.63 Å². The number of rotatable bonds is 5. The monoisotopic (exact) mass is 360 g/mol. The van der Waals surface area contributed by atoms with E-state index in [1.54, 1.807) is 12.3 Å². The molecule has 0 bridgehead atoms. The molecule has 0 unspecified atom stereocenters. The molecule has 0 radical (unpaired) electrons. The summed E-state index contributed by atoms with van der Waals surface area (Å²) in [5, 5.41) is 0.833. The third-order valence-electron chi connectivity index (χ3n) is 4.64. The first-order valence-corrected chi connectivity index (χ1v) is 9.04. The molecule has 0 saturated carbocycles. The summed E-state index contributed by atoms with van der Waals surface area (Å²) in [6.07, 6.45) is 1.62. The molecule has 0 saturated heterocycles. The molecule has 0 aliphatic rings. The van der Waals surface area contributed by atoms with E-state index in [1.165, 1.54) is 0 Å². The van der Waals surface area contributed by atoms with Gasteiger partial charge in [-0.1, -0.05) is 30.3 Å². The summed E-state index contributed by atoms with van der Waals surface area (Å²) in [6, 6.07) is 17.3. The van der Waals surface area contributed by atoms with Crippen LogP contribution in [0.2, 0.25) is 0 Å². The zero-order chi connectivity index (χ0) is 18.8. The highest BCUT2D eigenvalue weighted by atomic mass is 16.4. The van der Waals surface area contributed by atoms with E-state index in [9.17, 15) is 4.79 Å². The third kappa shape index (κ3) is 3.24. The first kappa shape index (κ1) is 17.1. The maximum atomic E-state index is 12.5. The fourth-order valence-electron chi connectivity index (χ4n) is 3.17. The summed E-state index contributed by atoms with van der Waals surface area (Å²) in [5.41, 5.74) is 2.36. The summed E-state index contributed by atoms with van der Waals surface area (Å²) in [5.74, 6) is 0.874. The Balaban J connectivity index is 1.75. The Morgan fingerprint density at radius 1 is 0.963 bits per heavy atom. The van der Waals surface area contributed by atoms with Crippen molar-refractivity contribution < 1.29 is 8.83 Å². The highest BCUT2D eigenvalue weighted by Crippen LogP contribution is 2.27. The van der Waals surface area contributed by atoms with Gasteiger partial charge in [0.15, 0.2) is 5.76 Å². The molecular formula is C22H20N2O3. The van der Waals surface area contributed by atoms with E-state index in [4.69, 9.17) is 8.83 Å². The predicted molar refractivity (Wildman–Crippen MR) is 107 cm³/mol. The van der Waals surface area contributed by atoms with Crippen molar-refractivity contribution in [2.24, 2.45) is 0 Å². The number of hydrogen-bond donors (Lipinski definition) is 0. The molecule has 2 aromatic carbocycles. The van der Waals surface area contributed by atoms with Gasteiger partial charge in [0.25, 0.3) is 0 Å². The van der Waals surface area contributed by atoms with Gasteiger partial charge in [0.1, 0.15) is 11.1 Å². The molecule has 0 N–H and O–H groups in total. The second kappa shape index (κ2) is 7.11. The number of hydrogen-bond acceptors (Lipinski definition) is 5. The molecule has 2 aromatic heterocycles. The lowest BCUT2D eigenvalue weighted by Crippen LogP contribution is -2.21. The number of nitrogens with zero attached hydrogens (tertiary/aromatic N) is 2. The second-order valence-electron chi connectivity index (χ2n) is 6.24. The minimum atomic E-state index is -0.458. The first-order valence-electron chi connectivity index (χ1n) is 9.04. The topological polar surface area (TPSA) is 59.5 Å². The SMILES string of the molecule is CCN(CC)c1ccc2cc(-c3ncc(-c4ccccc4)o3)c(=O)oc2c1. The molecule has 4 rings (SSSR count). The van der Waals surface area contributed by atoms with Crippen molar-refractivity contribution in [3.8, 4) is 22.8 Å².